The van der Waals surface area contributed by atoms with Gasteiger partial charge in [0, 0.05) is 10.8 Å². The summed E-state index contributed by atoms with van der Waals surface area (Å²) < 4.78 is 0. The van der Waals surface area contributed by atoms with Crippen LogP contribution in [-0.4, -0.2) is 28.1 Å². The van der Waals surface area contributed by atoms with E-state index in [2.05, 4.69) is 36.4 Å². The predicted molar refractivity (Wildman–Crippen MR) is 73.3 cm³/mol. The van der Waals surface area contributed by atoms with Gasteiger partial charge in [-0.3, -0.25) is 4.79 Å². The number of aliphatic carboxylic acids is 1. The van der Waals surface area contributed by atoms with Crippen LogP contribution in [0.1, 0.15) is 38.4 Å². The van der Waals surface area contributed by atoms with Gasteiger partial charge in [0.25, 0.3) is 0 Å². The number of amides is 2. The summed E-state index contributed by atoms with van der Waals surface area (Å²) in [5, 5.41) is 16.3. The summed E-state index contributed by atoms with van der Waals surface area (Å²) in [5.41, 5.74) is 0.961. The van der Waals surface area contributed by atoms with Gasteiger partial charge in [-0.2, -0.15) is 0 Å². The summed E-state index contributed by atoms with van der Waals surface area (Å²) >= 11 is 1.47. The summed E-state index contributed by atoms with van der Waals surface area (Å²) in [6, 6.07) is -1.43. The van der Waals surface area contributed by atoms with Crippen molar-refractivity contribution in [1.29, 1.82) is 0 Å². The van der Waals surface area contributed by atoms with Gasteiger partial charge in [0.2, 0.25) is 0 Å². The van der Waals surface area contributed by atoms with E-state index in [1.165, 1.54) is 18.3 Å². The van der Waals surface area contributed by atoms with Crippen LogP contribution < -0.4 is 10.6 Å². The molecule has 1 rings (SSSR count). The highest BCUT2D eigenvalue weighted by atomic mass is 32.1. The smallest absolute Gasteiger partial charge is 0.325 e. The van der Waals surface area contributed by atoms with Crippen molar-refractivity contribution in [3.63, 3.8) is 0 Å². The van der Waals surface area contributed by atoms with Gasteiger partial charge >= 0.3 is 12.0 Å². The van der Waals surface area contributed by atoms with Crippen LogP contribution in [0, 0.1) is 0 Å². The molecule has 1 atom stereocenters. The lowest BCUT2D eigenvalue weighted by Crippen LogP contribution is -2.44. The molecule has 7 heteroatoms. The Hall–Kier alpha value is -1.63. The van der Waals surface area contributed by atoms with Crippen molar-refractivity contribution in [2.45, 2.75) is 45.7 Å². The number of aromatic nitrogens is 1. The Balaban J connectivity index is 2.47. The number of thiazole rings is 1. The van der Waals surface area contributed by atoms with E-state index in [0.29, 0.717) is 6.54 Å². The fourth-order valence-electron chi connectivity index (χ4n) is 1.20. The first-order valence-electron chi connectivity index (χ1n) is 5.92. The number of carboxylic acids is 1. The van der Waals surface area contributed by atoms with Crippen molar-refractivity contribution in [2.75, 3.05) is 0 Å². The molecule has 0 saturated carbocycles. The van der Waals surface area contributed by atoms with Gasteiger partial charge in [-0.25, -0.2) is 9.78 Å². The van der Waals surface area contributed by atoms with E-state index in [0.717, 1.165) is 10.7 Å². The first-order valence-corrected chi connectivity index (χ1v) is 6.80. The highest BCUT2D eigenvalue weighted by molar-refractivity contribution is 7.09. The molecule has 3 N–H and O–H groups in total. The van der Waals surface area contributed by atoms with Crippen LogP contribution >= 0.6 is 11.3 Å². The van der Waals surface area contributed by atoms with Crippen LogP contribution in [0.15, 0.2) is 5.38 Å². The van der Waals surface area contributed by atoms with Crippen LogP contribution in [0.2, 0.25) is 0 Å². The number of urea groups is 1. The average molecular weight is 285 g/mol. The number of nitrogens with one attached hydrogen (secondary N) is 2. The monoisotopic (exact) mass is 285 g/mol. The lowest BCUT2D eigenvalue weighted by molar-refractivity contribution is -0.138. The summed E-state index contributed by atoms with van der Waals surface area (Å²) in [6.07, 6.45) is 0. The van der Waals surface area contributed by atoms with Gasteiger partial charge in [-0.15, -0.1) is 11.3 Å². The Morgan fingerprint density at radius 3 is 2.58 bits per heavy atom. The zero-order chi connectivity index (χ0) is 14.6. The lowest BCUT2D eigenvalue weighted by Gasteiger charge is -2.14. The van der Waals surface area contributed by atoms with E-state index >= 15 is 0 Å². The molecule has 0 aliphatic heterocycles. The molecule has 1 unspecified atom stereocenters. The third-order valence-electron chi connectivity index (χ3n) is 2.44. The normalized spacial score (nSPS) is 12.8. The van der Waals surface area contributed by atoms with E-state index < -0.39 is 18.0 Å². The number of carbonyl (C=O) groups excluding carboxylic acids is 1. The molecule has 0 saturated heterocycles. The molecule has 1 heterocycles. The van der Waals surface area contributed by atoms with Crippen molar-refractivity contribution >= 4 is 23.3 Å². The van der Waals surface area contributed by atoms with E-state index in [9.17, 15) is 9.59 Å². The van der Waals surface area contributed by atoms with Gasteiger partial charge in [0.15, 0.2) is 0 Å². The zero-order valence-corrected chi connectivity index (χ0v) is 12.3. The Kier molecular flexibility index (Phi) is 4.88. The molecule has 0 aromatic carbocycles. The van der Waals surface area contributed by atoms with Crippen molar-refractivity contribution in [1.82, 2.24) is 15.6 Å². The topological polar surface area (TPSA) is 91.3 Å². The molecule has 1 aromatic heterocycles. The molecule has 1 aromatic rings. The third kappa shape index (κ3) is 4.86. The Morgan fingerprint density at radius 2 is 2.11 bits per heavy atom. The maximum Gasteiger partial charge on any atom is 0.325 e. The van der Waals surface area contributed by atoms with E-state index in [1.807, 2.05) is 5.38 Å². The van der Waals surface area contributed by atoms with Crippen LogP contribution in [0.25, 0.3) is 0 Å². The highest BCUT2D eigenvalue weighted by Gasteiger charge is 2.18. The van der Waals surface area contributed by atoms with Gasteiger partial charge in [0.05, 0.1) is 12.2 Å². The number of hydrogen-bond donors (Lipinski definition) is 3. The Labute approximate surface area is 116 Å². The largest absolute Gasteiger partial charge is 0.480 e. The van der Waals surface area contributed by atoms with Crippen molar-refractivity contribution in [3.8, 4) is 0 Å². The minimum Gasteiger partial charge on any atom is -0.480 e. The Bertz CT molecular complexity index is 465. The molecule has 0 spiro atoms. The second-order valence-electron chi connectivity index (χ2n) is 5.26. The average Bonchev–Trinajstić information content (AvgIpc) is 2.74. The van der Waals surface area contributed by atoms with E-state index in [-0.39, 0.29) is 5.41 Å². The minimum atomic E-state index is -1.07. The second kappa shape index (κ2) is 6.01. The zero-order valence-electron chi connectivity index (χ0n) is 11.5. The number of carbonyl (C=O) groups is 2. The Morgan fingerprint density at radius 1 is 1.47 bits per heavy atom. The summed E-state index contributed by atoms with van der Waals surface area (Å²) in [7, 11) is 0. The first kappa shape index (κ1) is 15.4. The van der Waals surface area contributed by atoms with Crippen LogP contribution in [-0.2, 0) is 16.8 Å². The first-order chi connectivity index (χ1) is 8.70. The molecule has 0 bridgehead atoms. The molecular weight excluding hydrogens is 266 g/mol. The fourth-order valence-corrected chi connectivity index (χ4v) is 2.16. The lowest BCUT2D eigenvalue weighted by atomic mass is 9.93. The number of rotatable bonds is 4. The van der Waals surface area contributed by atoms with E-state index in [1.54, 1.807) is 0 Å². The molecular formula is C12H19N3O3S. The molecule has 19 heavy (non-hydrogen) atoms. The van der Waals surface area contributed by atoms with E-state index in [4.69, 9.17) is 5.11 Å². The van der Waals surface area contributed by atoms with Gasteiger partial charge in [0.1, 0.15) is 11.0 Å². The molecule has 6 nitrogen and oxygen atoms in total. The number of nitrogens with zero attached hydrogens (tertiary/aromatic N) is 1. The summed E-state index contributed by atoms with van der Waals surface area (Å²) in [5.74, 6) is -1.07. The molecule has 106 valence electrons. The van der Waals surface area contributed by atoms with Crippen molar-refractivity contribution in [3.05, 3.63) is 16.1 Å². The SMILES string of the molecule is CC(NC(=O)NCc1nc(C(C)(C)C)cs1)C(=O)O. The fraction of sp³-hybridized carbons (Fsp3) is 0.583. The van der Waals surface area contributed by atoms with Crippen LogP contribution in [0.5, 0.6) is 0 Å². The van der Waals surface area contributed by atoms with Crippen LogP contribution in [0.4, 0.5) is 4.79 Å². The molecule has 0 radical (unpaired) electrons. The highest BCUT2D eigenvalue weighted by Crippen LogP contribution is 2.23. The molecule has 2 amide bonds. The van der Waals surface area contributed by atoms with Crippen LogP contribution in [0.3, 0.4) is 0 Å². The third-order valence-corrected chi connectivity index (χ3v) is 3.29. The van der Waals surface area contributed by atoms with Gasteiger partial charge < -0.3 is 15.7 Å². The maximum absolute atomic E-state index is 11.4. The summed E-state index contributed by atoms with van der Waals surface area (Å²) in [6.45, 7) is 7.91. The van der Waals surface area contributed by atoms with Crippen molar-refractivity contribution in [2.24, 2.45) is 0 Å². The number of hydrogen-bond acceptors (Lipinski definition) is 4. The molecule has 0 fully saturated rings. The molecule has 0 aliphatic rings. The van der Waals surface area contributed by atoms with Crippen molar-refractivity contribution < 1.29 is 14.7 Å². The summed E-state index contributed by atoms with van der Waals surface area (Å²) in [4.78, 5) is 26.4. The maximum atomic E-state index is 11.4. The minimum absolute atomic E-state index is 0.0190. The van der Waals surface area contributed by atoms with Gasteiger partial charge in [-0.05, 0) is 6.92 Å². The second-order valence-corrected chi connectivity index (χ2v) is 6.21. The van der Waals surface area contributed by atoms with Gasteiger partial charge in [-0.1, -0.05) is 20.8 Å². The standard InChI is InChI=1S/C12H19N3O3S/c1-7(10(16)17)14-11(18)13-5-9-15-8(6-19-9)12(2,3)4/h6-7H,5H2,1-4H3,(H,16,17)(H2,13,14,18). The number of carboxylic acid groups (broad SMARTS) is 1. The predicted octanol–water partition coefficient (Wildman–Crippen LogP) is 1.71. The quantitative estimate of drug-likeness (QED) is 0.785. The molecule has 0 aliphatic carbocycles.